The van der Waals surface area contributed by atoms with E-state index in [0.717, 1.165) is 10.9 Å². The van der Waals surface area contributed by atoms with Gasteiger partial charge < -0.3 is 14.5 Å². The molecule has 0 atom stereocenters. The van der Waals surface area contributed by atoms with Gasteiger partial charge in [-0.3, -0.25) is 4.79 Å². The number of fused-ring (bicyclic) bond motifs is 1. The molecule has 2 heterocycles. The molecule has 2 aromatic carbocycles. The number of carbonyl (C=O) groups excluding carboxylic acids is 2. The molecule has 1 amide bonds. The van der Waals surface area contributed by atoms with Crippen LogP contribution in [0.1, 0.15) is 20.9 Å². The fraction of sp³-hybridized carbons (Fsp3) is 0.0476. The predicted octanol–water partition coefficient (Wildman–Crippen LogP) is 5.85. The highest BCUT2D eigenvalue weighted by atomic mass is 35.5. The van der Waals surface area contributed by atoms with E-state index in [1.165, 1.54) is 18.4 Å². The molecule has 140 valence electrons. The summed E-state index contributed by atoms with van der Waals surface area (Å²) < 4.78 is 10.5. The van der Waals surface area contributed by atoms with E-state index in [1.54, 1.807) is 29.6 Å². The average molecular weight is 412 g/mol. The van der Waals surface area contributed by atoms with Gasteiger partial charge in [0.15, 0.2) is 5.76 Å². The molecule has 0 unspecified atom stereocenters. The van der Waals surface area contributed by atoms with Crippen molar-refractivity contribution in [3.05, 3.63) is 76.3 Å². The quantitative estimate of drug-likeness (QED) is 0.427. The van der Waals surface area contributed by atoms with Gasteiger partial charge in [-0.05, 0) is 29.8 Å². The van der Waals surface area contributed by atoms with Crippen LogP contribution in [0.25, 0.3) is 21.4 Å². The Kier molecular flexibility index (Phi) is 4.90. The Morgan fingerprint density at radius 1 is 1.11 bits per heavy atom. The lowest BCUT2D eigenvalue weighted by atomic mass is 10.1. The highest BCUT2D eigenvalue weighted by Gasteiger charge is 2.23. The molecule has 0 aliphatic heterocycles. The van der Waals surface area contributed by atoms with Gasteiger partial charge in [-0.15, -0.1) is 11.3 Å². The van der Waals surface area contributed by atoms with Gasteiger partial charge in [0.25, 0.3) is 5.91 Å². The number of carbonyl (C=O) groups is 2. The molecule has 0 radical (unpaired) electrons. The van der Waals surface area contributed by atoms with E-state index in [9.17, 15) is 9.59 Å². The molecular weight excluding hydrogens is 398 g/mol. The van der Waals surface area contributed by atoms with Crippen LogP contribution in [0.5, 0.6) is 0 Å². The Morgan fingerprint density at radius 3 is 2.57 bits per heavy atom. The maximum absolute atomic E-state index is 12.7. The largest absolute Gasteiger partial charge is 0.465 e. The summed E-state index contributed by atoms with van der Waals surface area (Å²) >= 11 is 7.28. The number of rotatable bonds is 4. The Balaban J connectivity index is 1.70. The fourth-order valence-corrected chi connectivity index (χ4v) is 3.97. The summed E-state index contributed by atoms with van der Waals surface area (Å²) in [5, 5.41) is 5.88. The molecule has 4 rings (SSSR count). The van der Waals surface area contributed by atoms with Crippen LogP contribution in [-0.2, 0) is 4.74 Å². The molecule has 0 bridgehead atoms. The van der Waals surface area contributed by atoms with Gasteiger partial charge in [0.2, 0.25) is 0 Å². The Labute approximate surface area is 169 Å². The molecule has 0 aliphatic carbocycles. The Hall–Kier alpha value is -3.09. The molecule has 1 N–H and O–H groups in total. The molecule has 7 heteroatoms. The Bertz CT molecular complexity index is 1140. The van der Waals surface area contributed by atoms with Crippen LogP contribution in [0.4, 0.5) is 5.69 Å². The molecule has 0 spiro atoms. The second-order valence-corrected chi connectivity index (χ2v) is 7.27. The van der Waals surface area contributed by atoms with E-state index in [0.29, 0.717) is 26.7 Å². The van der Waals surface area contributed by atoms with E-state index in [-0.39, 0.29) is 5.76 Å². The molecule has 0 saturated heterocycles. The normalized spacial score (nSPS) is 10.8. The van der Waals surface area contributed by atoms with Gasteiger partial charge >= 0.3 is 5.97 Å². The van der Waals surface area contributed by atoms with E-state index in [2.05, 4.69) is 5.32 Å². The Morgan fingerprint density at radius 2 is 1.86 bits per heavy atom. The monoisotopic (exact) mass is 411 g/mol. The smallest absolute Gasteiger partial charge is 0.341 e. The summed E-state index contributed by atoms with van der Waals surface area (Å²) in [6.07, 6.45) is 0. The van der Waals surface area contributed by atoms with Crippen LogP contribution in [0.15, 0.2) is 64.4 Å². The number of hydrogen-bond acceptors (Lipinski definition) is 5. The van der Waals surface area contributed by atoms with Crippen molar-refractivity contribution >= 4 is 51.5 Å². The van der Waals surface area contributed by atoms with Crippen molar-refractivity contribution < 1.29 is 18.7 Å². The molecule has 0 saturated carbocycles. The summed E-state index contributed by atoms with van der Waals surface area (Å²) in [5.74, 6) is -0.816. The van der Waals surface area contributed by atoms with Gasteiger partial charge in [0, 0.05) is 15.8 Å². The molecular formula is C21H14ClNO4S. The second-order valence-electron chi connectivity index (χ2n) is 5.95. The first-order valence-corrected chi connectivity index (χ1v) is 9.58. The number of benzene rings is 2. The average Bonchev–Trinajstić information content (AvgIpc) is 3.32. The first-order chi connectivity index (χ1) is 13.6. The van der Waals surface area contributed by atoms with Crippen LogP contribution >= 0.6 is 22.9 Å². The summed E-state index contributed by atoms with van der Waals surface area (Å²) in [6.45, 7) is 0. The van der Waals surface area contributed by atoms with Crippen LogP contribution in [0.3, 0.4) is 0 Å². The number of amides is 1. The highest BCUT2D eigenvalue weighted by molar-refractivity contribution is 7.14. The molecule has 5 nitrogen and oxygen atoms in total. The number of hydrogen-bond donors (Lipinski definition) is 1. The van der Waals surface area contributed by atoms with Crippen LogP contribution in [0, 0.1) is 0 Å². The van der Waals surface area contributed by atoms with Crippen molar-refractivity contribution in [3.8, 4) is 10.4 Å². The minimum Gasteiger partial charge on any atom is -0.465 e. The SMILES string of the molecule is COC(=O)c1c(NC(=O)c2cc3ccccc3o2)csc1-c1ccc(Cl)cc1. The highest BCUT2D eigenvalue weighted by Crippen LogP contribution is 2.37. The van der Waals surface area contributed by atoms with E-state index < -0.39 is 11.9 Å². The van der Waals surface area contributed by atoms with Crippen molar-refractivity contribution in [1.82, 2.24) is 0 Å². The van der Waals surface area contributed by atoms with Gasteiger partial charge in [0.1, 0.15) is 11.1 Å². The van der Waals surface area contributed by atoms with E-state index in [1.807, 2.05) is 30.3 Å². The summed E-state index contributed by atoms with van der Waals surface area (Å²) in [7, 11) is 1.30. The fourth-order valence-electron chi connectivity index (χ4n) is 2.85. The lowest BCUT2D eigenvalue weighted by Gasteiger charge is -2.07. The van der Waals surface area contributed by atoms with Gasteiger partial charge in [-0.2, -0.15) is 0 Å². The van der Waals surface area contributed by atoms with Crippen molar-refractivity contribution in [2.24, 2.45) is 0 Å². The first-order valence-electron chi connectivity index (χ1n) is 8.32. The molecule has 2 aromatic heterocycles. The van der Waals surface area contributed by atoms with E-state index in [4.69, 9.17) is 20.8 Å². The third-order valence-corrected chi connectivity index (χ3v) is 5.47. The number of methoxy groups -OCH3 is 1. The van der Waals surface area contributed by atoms with Crippen LogP contribution in [-0.4, -0.2) is 19.0 Å². The first kappa shape index (κ1) is 18.3. The summed E-state index contributed by atoms with van der Waals surface area (Å²) in [4.78, 5) is 25.8. The van der Waals surface area contributed by atoms with Crippen molar-refractivity contribution in [2.75, 3.05) is 12.4 Å². The zero-order chi connectivity index (χ0) is 19.7. The van der Waals surface area contributed by atoms with Gasteiger partial charge in [-0.1, -0.05) is 41.9 Å². The van der Waals surface area contributed by atoms with Crippen molar-refractivity contribution in [2.45, 2.75) is 0 Å². The van der Waals surface area contributed by atoms with Crippen molar-refractivity contribution in [3.63, 3.8) is 0 Å². The molecule has 28 heavy (non-hydrogen) atoms. The topological polar surface area (TPSA) is 68.5 Å². The zero-order valence-electron chi connectivity index (χ0n) is 14.7. The number of ether oxygens (including phenoxy) is 1. The standard InChI is InChI=1S/C21H14ClNO4S/c1-26-21(25)18-15(11-28-19(18)12-6-8-14(22)9-7-12)23-20(24)17-10-13-4-2-3-5-16(13)27-17/h2-11H,1H3,(H,23,24). The second kappa shape index (κ2) is 7.50. The maximum Gasteiger partial charge on any atom is 0.341 e. The summed E-state index contributed by atoms with van der Waals surface area (Å²) in [5.41, 5.74) is 2.08. The number of para-hydroxylation sites is 1. The van der Waals surface area contributed by atoms with Crippen LogP contribution < -0.4 is 5.32 Å². The molecule has 0 fully saturated rings. The lowest BCUT2D eigenvalue weighted by molar-refractivity contribution is 0.0603. The number of esters is 1. The minimum atomic E-state index is -0.536. The summed E-state index contributed by atoms with van der Waals surface area (Å²) in [6, 6.07) is 16.1. The van der Waals surface area contributed by atoms with Crippen molar-refractivity contribution in [1.29, 1.82) is 0 Å². The minimum absolute atomic E-state index is 0.163. The maximum atomic E-state index is 12.7. The van der Waals surface area contributed by atoms with E-state index >= 15 is 0 Å². The zero-order valence-corrected chi connectivity index (χ0v) is 16.3. The third kappa shape index (κ3) is 3.40. The van der Waals surface area contributed by atoms with Gasteiger partial charge in [0.05, 0.1) is 17.7 Å². The number of nitrogens with one attached hydrogen (secondary N) is 1. The number of thiophene rings is 1. The van der Waals surface area contributed by atoms with Crippen LogP contribution in [0.2, 0.25) is 5.02 Å². The lowest BCUT2D eigenvalue weighted by Crippen LogP contribution is -2.14. The molecule has 4 aromatic rings. The third-order valence-electron chi connectivity index (χ3n) is 4.18. The van der Waals surface area contributed by atoms with Gasteiger partial charge in [-0.25, -0.2) is 4.79 Å². The number of furan rings is 1. The number of anilines is 1. The molecule has 0 aliphatic rings. The predicted molar refractivity (Wildman–Crippen MR) is 110 cm³/mol. The number of halogens is 1.